The van der Waals surface area contributed by atoms with E-state index in [9.17, 15) is 10.1 Å². The van der Waals surface area contributed by atoms with E-state index in [0.717, 1.165) is 5.56 Å². The van der Waals surface area contributed by atoms with Gasteiger partial charge in [-0.3, -0.25) is 10.1 Å². The third-order valence-electron chi connectivity index (χ3n) is 2.28. The van der Waals surface area contributed by atoms with Gasteiger partial charge in [-0.15, -0.1) is 12.6 Å². The van der Waals surface area contributed by atoms with Gasteiger partial charge in [0.1, 0.15) is 0 Å². The zero-order valence-corrected chi connectivity index (χ0v) is 9.22. The van der Waals surface area contributed by atoms with Crippen LogP contribution in [-0.4, -0.2) is 4.92 Å². The molecule has 0 saturated heterocycles. The molecule has 0 aromatic heterocycles. The first-order valence-corrected chi connectivity index (χ1v) is 5.16. The van der Waals surface area contributed by atoms with Crippen LogP contribution in [0.15, 0.2) is 53.4 Å². The summed E-state index contributed by atoms with van der Waals surface area (Å²) in [5.74, 6) is 0. The van der Waals surface area contributed by atoms with Gasteiger partial charge < -0.3 is 0 Å². The minimum atomic E-state index is -0.398. The van der Waals surface area contributed by atoms with Crippen LogP contribution in [0.5, 0.6) is 0 Å². The van der Waals surface area contributed by atoms with Crippen LogP contribution in [0, 0.1) is 10.1 Å². The molecule has 0 saturated carbocycles. The normalized spacial score (nSPS) is 10.1. The first-order valence-electron chi connectivity index (χ1n) is 4.72. The molecule has 2 rings (SSSR count). The van der Waals surface area contributed by atoms with Crippen LogP contribution in [0.4, 0.5) is 5.69 Å². The molecule has 0 aliphatic heterocycles. The highest BCUT2D eigenvalue weighted by molar-refractivity contribution is 7.80. The molecule has 0 aliphatic carbocycles. The van der Waals surface area contributed by atoms with Crippen LogP contribution < -0.4 is 0 Å². The minimum Gasteiger partial charge on any atom is -0.258 e. The van der Waals surface area contributed by atoms with Crippen LogP contribution in [0.25, 0.3) is 11.1 Å². The second-order valence-electron chi connectivity index (χ2n) is 3.30. The van der Waals surface area contributed by atoms with Crippen molar-refractivity contribution < 1.29 is 4.92 Å². The Morgan fingerprint density at radius 1 is 1.00 bits per heavy atom. The molecule has 2 aromatic rings. The van der Waals surface area contributed by atoms with E-state index in [0.29, 0.717) is 10.5 Å². The third kappa shape index (κ3) is 1.92. The Labute approximate surface area is 98.3 Å². The minimum absolute atomic E-state index is 0.0528. The largest absolute Gasteiger partial charge is 0.290 e. The summed E-state index contributed by atoms with van der Waals surface area (Å²) >= 11 is 4.12. The summed E-state index contributed by atoms with van der Waals surface area (Å²) in [7, 11) is 0. The molecule has 0 fully saturated rings. The van der Waals surface area contributed by atoms with Crippen LogP contribution in [0.2, 0.25) is 0 Å². The van der Waals surface area contributed by atoms with Gasteiger partial charge in [0.15, 0.2) is 0 Å². The zero-order valence-electron chi connectivity index (χ0n) is 8.33. The van der Waals surface area contributed by atoms with Crippen LogP contribution in [0.3, 0.4) is 0 Å². The van der Waals surface area contributed by atoms with Crippen molar-refractivity contribution in [1.82, 2.24) is 0 Å². The maximum absolute atomic E-state index is 11.0. The molecule has 0 bridgehead atoms. The topological polar surface area (TPSA) is 43.1 Å². The zero-order chi connectivity index (χ0) is 11.5. The van der Waals surface area contributed by atoms with E-state index in [1.807, 2.05) is 30.3 Å². The highest BCUT2D eigenvalue weighted by Gasteiger charge is 2.18. The van der Waals surface area contributed by atoms with Crippen molar-refractivity contribution in [2.75, 3.05) is 0 Å². The number of thiol groups is 1. The Balaban J connectivity index is 2.66. The fourth-order valence-electron chi connectivity index (χ4n) is 1.57. The monoisotopic (exact) mass is 231 g/mol. The molecule has 16 heavy (non-hydrogen) atoms. The van der Waals surface area contributed by atoms with Crippen molar-refractivity contribution in [3.8, 4) is 11.1 Å². The van der Waals surface area contributed by atoms with Crippen LogP contribution >= 0.6 is 12.6 Å². The van der Waals surface area contributed by atoms with Gasteiger partial charge in [-0.2, -0.15) is 0 Å². The van der Waals surface area contributed by atoms with E-state index in [1.165, 1.54) is 0 Å². The van der Waals surface area contributed by atoms with E-state index in [-0.39, 0.29) is 5.69 Å². The lowest BCUT2D eigenvalue weighted by Gasteiger charge is -2.04. The van der Waals surface area contributed by atoms with Gasteiger partial charge in [-0.05, 0) is 17.7 Å². The summed E-state index contributed by atoms with van der Waals surface area (Å²) in [6.45, 7) is 0. The Hall–Kier alpha value is -1.81. The average molecular weight is 231 g/mol. The van der Waals surface area contributed by atoms with E-state index in [4.69, 9.17) is 0 Å². The van der Waals surface area contributed by atoms with Crippen molar-refractivity contribution in [3.05, 3.63) is 58.6 Å². The second-order valence-corrected chi connectivity index (χ2v) is 3.78. The number of nitrogens with zero attached hydrogens (tertiary/aromatic N) is 1. The SMILES string of the molecule is O=[N+]([O-])c1c(S)cccc1-c1ccccc1. The maximum Gasteiger partial charge on any atom is 0.290 e. The van der Waals surface area contributed by atoms with E-state index in [1.54, 1.807) is 18.2 Å². The number of para-hydroxylation sites is 1. The quantitative estimate of drug-likeness (QED) is 0.488. The van der Waals surface area contributed by atoms with Gasteiger partial charge in [0.25, 0.3) is 5.69 Å². The molecule has 80 valence electrons. The van der Waals surface area contributed by atoms with Crippen molar-refractivity contribution in [2.45, 2.75) is 4.90 Å². The molecule has 3 nitrogen and oxygen atoms in total. The predicted octanol–water partition coefficient (Wildman–Crippen LogP) is 3.55. The first-order chi connectivity index (χ1) is 7.70. The Morgan fingerprint density at radius 3 is 2.31 bits per heavy atom. The van der Waals surface area contributed by atoms with E-state index in [2.05, 4.69) is 12.6 Å². The smallest absolute Gasteiger partial charge is 0.258 e. The number of nitro groups is 1. The summed E-state index contributed by atoms with van der Waals surface area (Å²) in [4.78, 5) is 11.0. The number of benzene rings is 2. The van der Waals surface area contributed by atoms with Gasteiger partial charge >= 0.3 is 0 Å². The van der Waals surface area contributed by atoms with Crippen molar-refractivity contribution in [1.29, 1.82) is 0 Å². The molecule has 0 atom stereocenters. The molecule has 2 aromatic carbocycles. The second kappa shape index (κ2) is 4.37. The number of rotatable bonds is 2. The maximum atomic E-state index is 11.0. The molecule has 0 unspecified atom stereocenters. The molecular formula is C12H9NO2S. The Morgan fingerprint density at radius 2 is 1.69 bits per heavy atom. The number of hydrogen-bond acceptors (Lipinski definition) is 3. The predicted molar refractivity (Wildman–Crippen MR) is 65.8 cm³/mol. The molecule has 0 aliphatic rings. The number of hydrogen-bond donors (Lipinski definition) is 1. The van der Waals surface area contributed by atoms with Crippen molar-refractivity contribution >= 4 is 18.3 Å². The third-order valence-corrected chi connectivity index (χ3v) is 2.64. The van der Waals surface area contributed by atoms with Crippen LogP contribution in [-0.2, 0) is 0 Å². The molecule has 0 spiro atoms. The van der Waals surface area contributed by atoms with Crippen molar-refractivity contribution in [2.24, 2.45) is 0 Å². The molecular weight excluding hydrogens is 222 g/mol. The van der Waals surface area contributed by atoms with E-state index >= 15 is 0 Å². The lowest BCUT2D eigenvalue weighted by molar-refractivity contribution is -0.387. The Bertz CT molecular complexity index is 526. The van der Waals surface area contributed by atoms with Gasteiger partial charge in [0, 0.05) is 0 Å². The lowest BCUT2D eigenvalue weighted by atomic mass is 10.0. The fourth-order valence-corrected chi connectivity index (χ4v) is 1.86. The molecule has 0 heterocycles. The average Bonchev–Trinajstić information content (AvgIpc) is 2.29. The van der Waals surface area contributed by atoms with Crippen LogP contribution in [0.1, 0.15) is 0 Å². The molecule has 0 N–H and O–H groups in total. The van der Waals surface area contributed by atoms with Gasteiger partial charge in [0.2, 0.25) is 0 Å². The fraction of sp³-hybridized carbons (Fsp3) is 0. The lowest BCUT2D eigenvalue weighted by Crippen LogP contribution is -1.93. The summed E-state index contributed by atoms with van der Waals surface area (Å²) < 4.78 is 0. The summed E-state index contributed by atoms with van der Waals surface area (Å²) in [6, 6.07) is 14.4. The number of nitro benzene ring substituents is 1. The van der Waals surface area contributed by atoms with Crippen molar-refractivity contribution in [3.63, 3.8) is 0 Å². The summed E-state index contributed by atoms with van der Waals surface area (Å²) in [6.07, 6.45) is 0. The summed E-state index contributed by atoms with van der Waals surface area (Å²) in [5, 5.41) is 11.0. The molecule has 4 heteroatoms. The van der Waals surface area contributed by atoms with Gasteiger partial charge in [0.05, 0.1) is 15.4 Å². The molecule has 0 amide bonds. The molecule has 0 radical (unpaired) electrons. The first kappa shape index (κ1) is 10.7. The Kier molecular flexibility index (Phi) is 2.92. The summed E-state index contributed by atoms with van der Waals surface area (Å²) in [5.41, 5.74) is 1.47. The van der Waals surface area contributed by atoms with Gasteiger partial charge in [-0.1, -0.05) is 36.4 Å². The highest BCUT2D eigenvalue weighted by Crippen LogP contribution is 2.34. The highest BCUT2D eigenvalue weighted by atomic mass is 32.1. The van der Waals surface area contributed by atoms with Gasteiger partial charge in [-0.25, -0.2) is 0 Å². The van der Waals surface area contributed by atoms with E-state index < -0.39 is 4.92 Å². The standard InChI is InChI=1S/C12H9NO2S/c14-13(15)12-10(7-4-8-11(12)16)9-5-2-1-3-6-9/h1-8,16H.